The minimum absolute atomic E-state index is 0.112. The summed E-state index contributed by atoms with van der Waals surface area (Å²) >= 11 is 0. The fraction of sp³-hybridized carbons (Fsp3) is 0.211. The summed E-state index contributed by atoms with van der Waals surface area (Å²) in [7, 11) is 0. The van der Waals surface area contributed by atoms with Gasteiger partial charge in [-0.05, 0) is 12.1 Å². The molecule has 0 fully saturated rings. The van der Waals surface area contributed by atoms with E-state index in [0.29, 0.717) is 19.6 Å². The summed E-state index contributed by atoms with van der Waals surface area (Å²) in [5.41, 5.74) is 2.19. The minimum atomic E-state index is 0.112. The van der Waals surface area contributed by atoms with Gasteiger partial charge in [0.05, 0.1) is 6.54 Å². The third-order valence-electron chi connectivity index (χ3n) is 4.96. The zero-order valence-electron chi connectivity index (χ0n) is 13.7. The number of amides is 1. The van der Waals surface area contributed by atoms with Crippen LogP contribution in [0, 0.1) is 0 Å². The number of carbonyl (C=O) groups is 1. The number of rotatable bonds is 2. The van der Waals surface area contributed by atoms with Crippen LogP contribution in [0.15, 0.2) is 54.9 Å². The van der Waals surface area contributed by atoms with Gasteiger partial charge in [-0.15, -0.1) is 10.2 Å². The Morgan fingerprint density at radius 2 is 1.64 bits per heavy atom. The fourth-order valence-corrected chi connectivity index (χ4v) is 3.69. The third-order valence-corrected chi connectivity index (χ3v) is 4.96. The van der Waals surface area contributed by atoms with Gasteiger partial charge in [0, 0.05) is 34.9 Å². The standard InChI is InChI=1S/C19H17N5O/c25-19(22-9-10-23-13-20-21-18(23)11-22)12-24-16-7-3-1-5-14(16)15-6-2-4-8-17(15)24/h1-8,13H,9-12H2. The van der Waals surface area contributed by atoms with Crippen molar-refractivity contribution >= 4 is 27.7 Å². The second kappa shape index (κ2) is 5.44. The minimum Gasteiger partial charge on any atom is -0.332 e. The van der Waals surface area contributed by atoms with Crippen LogP contribution in [0.3, 0.4) is 0 Å². The third kappa shape index (κ3) is 2.21. The highest BCUT2D eigenvalue weighted by Gasteiger charge is 2.23. The molecule has 0 saturated heterocycles. The molecule has 6 nitrogen and oxygen atoms in total. The van der Waals surface area contributed by atoms with Gasteiger partial charge in [-0.1, -0.05) is 36.4 Å². The van der Waals surface area contributed by atoms with Crippen LogP contribution in [-0.2, 0) is 24.4 Å². The lowest BCUT2D eigenvalue weighted by molar-refractivity contribution is -0.133. The monoisotopic (exact) mass is 331 g/mol. The summed E-state index contributed by atoms with van der Waals surface area (Å²) in [5, 5.41) is 10.4. The average molecular weight is 331 g/mol. The molecule has 3 heterocycles. The first kappa shape index (κ1) is 14.2. The molecule has 25 heavy (non-hydrogen) atoms. The second-order valence-electron chi connectivity index (χ2n) is 6.38. The topological polar surface area (TPSA) is 56.0 Å². The molecule has 4 aromatic rings. The van der Waals surface area contributed by atoms with Crippen LogP contribution in [0.2, 0.25) is 0 Å². The lowest BCUT2D eigenvalue weighted by atomic mass is 10.2. The summed E-state index contributed by atoms with van der Waals surface area (Å²) in [5.74, 6) is 0.961. The van der Waals surface area contributed by atoms with E-state index in [1.165, 1.54) is 10.8 Å². The summed E-state index contributed by atoms with van der Waals surface area (Å²) < 4.78 is 4.12. The number of carbonyl (C=O) groups excluding carboxylic acids is 1. The maximum Gasteiger partial charge on any atom is 0.243 e. The molecule has 0 radical (unpaired) electrons. The molecular formula is C19H17N5O. The number of hydrogen-bond acceptors (Lipinski definition) is 3. The Morgan fingerprint density at radius 1 is 0.960 bits per heavy atom. The molecule has 0 unspecified atom stereocenters. The first-order valence-electron chi connectivity index (χ1n) is 8.42. The van der Waals surface area contributed by atoms with Gasteiger partial charge in [-0.25, -0.2) is 0 Å². The van der Waals surface area contributed by atoms with E-state index in [1.807, 2.05) is 33.7 Å². The van der Waals surface area contributed by atoms with Gasteiger partial charge < -0.3 is 14.0 Å². The van der Waals surface area contributed by atoms with Crippen molar-refractivity contribution in [2.45, 2.75) is 19.6 Å². The van der Waals surface area contributed by atoms with Crippen LogP contribution in [0.5, 0.6) is 0 Å². The highest BCUT2D eigenvalue weighted by atomic mass is 16.2. The Labute approximate surface area is 144 Å². The van der Waals surface area contributed by atoms with E-state index in [0.717, 1.165) is 23.4 Å². The number of nitrogens with zero attached hydrogens (tertiary/aromatic N) is 5. The normalized spacial score (nSPS) is 14.2. The van der Waals surface area contributed by atoms with E-state index in [-0.39, 0.29) is 5.91 Å². The molecule has 0 bridgehead atoms. The van der Waals surface area contributed by atoms with Gasteiger partial charge in [-0.2, -0.15) is 0 Å². The van der Waals surface area contributed by atoms with Gasteiger partial charge in [0.2, 0.25) is 5.91 Å². The van der Waals surface area contributed by atoms with Crippen LogP contribution in [-0.4, -0.2) is 36.7 Å². The first-order valence-corrected chi connectivity index (χ1v) is 8.42. The SMILES string of the molecule is O=C(Cn1c2ccccc2c2ccccc21)N1CCn2cnnc2C1. The van der Waals surface area contributed by atoms with E-state index in [9.17, 15) is 4.79 Å². The molecule has 0 N–H and O–H groups in total. The second-order valence-corrected chi connectivity index (χ2v) is 6.38. The molecule has 0 atom stereocenters. The molecule has 0 saturated carbocycles. The smallest absolute Gasteiger partial charge is 0.243 e. The Hall–Kier alpha value is -3.15. The lowest BCUT2D eigenvalue weighted by Gasteiger charge is -2.27. The van der Waals surface area contributed by atoms with E-state index in [1.54, 1.807) is 6.33 Å². The van der Waals surface area contributed by atoms with Crippen LogP contribution in [0.4, 0.5) is 0 Å². The van der Waals surface area contributed by atoms with Crippen molar-refractivity contribution in [2.24, 2.45) is 0 Å². The van der Waals surface area contributed by atoms with Gasteiger partial charge in [0.1, 0.15) is 12.9 Å². The van der Waals surface area contributed by atoms with E-state index >= 15 is 0 Å². The molecule has 0 aliphatic carbocycles. The predicted molar refractivity (Wildman–Crippen MR) is 94.9 cm³/mol. The van der Waals surface area contributed by atoms with Crippen molar-refractivity contribution in [1.82, 2.24) is 24.2 Å². The van der Waals surface area contributed by atoms with Crippen molar-refractivity contribution in [3.05, 3.63) is 60.7 Å². The quantitative estimate of drug-likeness (QED) is 0.567. The van der Waals surface area contributed by atoms with Crippen molar-refractivity contribution < 1.29 is 4.79 Å². The molecule has 1 amide bonds. The van der Waals surface area contributed by atoms with E-state index in [2.05, 4.69) is 39.0 Å². The maximum atomic E-state index is 12.9. The Balaban J connectivity index is 1.52. The predicted octanol–water partition coefficient (Wildman–Crippen LogP) is 2.43. The molecule has 6 heteroatoms. The van der Waals surface area contributed by atoms with Gasteiger partial charge in [0.15, 0.2) is 5.82 Å². The van der Waals surface area contributed by atoms with Crippen molar-refractivity contribution in [3.63, 3.8) is 0 Å². The fourth-order valence-electron chi connectivity index (χ4n) is 3.69. The summed E-state index contributed by atoms with van der Waals surface area (Å²) in [6, 6.07) is 16.5. The van der Waals surface area contributed by atoms with Crippen LogP contribution >= 0.6 is 0 Å². The molecule has 124 valence electrons. The lowest BCUT2D eigenvalue weighted by Crippen LogP contribution is -2.40. The van der Waals surface area contributed by atoms with Crippen LogP contribution in [0.25, 0.3) is 21.8 Å². The molecule has 2 aromatic heterocycles. The van der Waals surface area contributed by atoms with Gasteiger partial charge in [-0.3, -0.25) is 4.79 Å². The molecule has 2 aromatic carbocycles. The highest BCUT2D eigenvalue weighted by molar-refractivity contribution is 6.08. The van der Waals surface area contributed by atoms with E-state index < -0.39 is 0 Å². The largest absolute Gasteiger partial charge is 0.332 e. The summed E-state index contributed by atoms with van der Waals surface area (Å²) in [6.07, 6.45) is 1.73. The molecule has 1 aliphatic heterocycles. The van der Waals surface area contributed by atoms with E-state index in [4.69, 9.17) is 0 Å². The van der Waals surface area contributed by atoms with Crippen molar-refractivity contribution in [1.29, 1.82) is 0 Å². The number of hydrogen-bond donors (Lipinski definition) is 0. The highest BCUT2D eigenvalue weighted by Crippen LogP contribution is 2.28. The van der Waals surface area contributed by atoms with Gasteiger partial charge >= 0.3 is 0 Å². The van der Waals surface area contributed by atoms with Crippen molar-refractivity contribution in [3.8, 4) is 0 Å². The number of fused-ring (bicyclic) bond motifs is 4. The Kier molecular flexibility index (Phi) is 3.09. The van der Waals surface area contributed by atoms with Gasteiger partial charge in [0.25, 0.3) is 0 Å². The number of benzene rings is 2. The maximum absolute atomic E-state index is 12.9. The average Bonchev–Trinajstić information content (AvgIpc) is 3.25. The molecule has 1 aliphatic rings. The molecule has 5 rings (SSSR count). The zero-order valence-corrected chi connectivity index (χ0v) is 13.7. The summed E-state index contributed by atoms with van der Waals surface area (Å²) in [6.45, 7) is 2.31. The molecule has 0 spiro atoms. The Bertz CT molecular complexity index is 1040. The van der Waals surface area contributed by atoms with Crippen molar-refractivity contribution in [2.75, 3.05) is 6.54 Å². The number of para-hydroxylation sites is 2. The van der Waals surface area contributed by atoms with Crippen LogP contribution in [0.1, 0.15) is 5.82 Å². The Morgan fingerprint density at radius 3 is 2.36 bits per heavy atom. The molecular weight excluding hydrogens is 314 g/mol. The number of aromatic nitrogens is 4. The summed E-state index contributed by atoms with van der Waals surface area (Å²) in [4.78, 5) is 14.8. The first-order chi connectivity index (χ1) is 12.3. The zero-order chi connectivity index (χ0) is 16.8. The van der Waals surface area contributed by atoms with Crippen LogP contribution < -0.4 is 0 Å².